The third kappa shape index (κ3) is 4.70. The number of piperidine rings is 1. The second kappa shape index (κ2) is 9.57. The quantitative estimate of drug-likeness (QED) is 0.586. The van der Waals surface area contributed by atoms with Crippen LogP contribution in [-0.4, -0.2) is 36.9 Å². The standard InChI is InChI=1S/C26H28N2O3S/c1-31-21-8-4-6-19(16-21)17-24(29)28-13-11-26(12-14-28,25(27)30)18-20-7-2-3-9-22(20)23-10-5-15-32-23/h2-10,15-16H,11-14,17-18H2,1H3,(H2,27,30). The lowest BCUT2D eigenvalue weighted by molar-refractivity contribution is -0.138. The number of thiophene rings is 1. The number of hydrogen-bond donors (Lipinski definition) is 1. The molecule has 32 heavy (non-hydrogen) atoms. The molecule has 2 amide bonds. The van der Waals surface area contributed by atoms with Crippen LogP contribution in [0.1, 0.15) is 24.0 Å². The Balaban J connectivity index is 1.46. The Morgan fingerprint density at radius 3 is 2.53 bits per heavy atom. The first kappa shape index (κ1) is 22.1. The molecule has 0 spiro atoms. The van der Waals surface area contributed by atoms with Crippen molar-refractivity contribution >= 4 is 23.2 Å². The zero-order valence-corrected chi connectivity index (χ0v) is 19.1. The minimum absolute atomic E-state index is 0.0651. The fourth-order valence-electron chi connectivity index (χ4n) is 4.47. The maximum absolute atomic E-state index is 12.9. The smallest absolute Gasteiger partial charge is 0.226 e. The van der Waals surface area contributed by atoms with E-state index in [1.165, 1.54) is 4.88 Å². The van der Waals surface area contributed by atoms with E-state index < -0.39 is 5.41 Å². The molecule has 4 rings (SSSR count). The van der Waals surface area contributed by atoms with Gasteiger partial charge in [-0.2, -0.15) is 0 Å². The molecule has 6 heteroatoms. The highest BCUT2D eigenvalue weighted by molar-refractivity contribution is 7.13. The van der Waals surface area contributed by atoms with Gasteiger partial charge in [-0.1, -0.05) is 42.5 Å². The maximum Gasteiger partial charge on any atom is 0.226 e. The van der Waals surface area contributed by atoms with E-state index in [0.717, 1.165) is 22.4 Å². The molecule has 1 aromatic heterocycles. The van der Waals surface area contributed by atoms with Crippen molar-refractivity contribution in [1.29, 1.82) is 0 Å². The summed E-state index contributed by atoms with van der Waals surface area (Å²) in [5.74, 6) is 0.528. The molecule has 2 heterocycles. The first-order chi connectivity index (χ1) is 15.5. The van der Waals surface area contributed by atoms with Crippen molar-refractivity contribution in [2.75, 3.05) is 20.2 Å². The van der Waals surface area contributed by atoms with Crippen LogP contribution in [0.4, 0.5) is 0 Å². The minimum Gasteiger partial charge on any atom is -0.497 e. The average molecular weight is 449 g/mol. The van der Waals surface area contributed by atoms with Gasteiger partial charge in [0.25, 0.3) is 0 Å². The van der Waals surface area contributed by atoms with Crippen LogP contribution in [0.2, 0.25) is 0 Å². The summed E-state index contributed by atoms with van der Waals surface area (Å²) < 4.78 is 5.25. The highest BCUT2D eigenvalue weighted by Crippen LogP contribution is 2.38. The van der Waals surface area contributed by atoms with Crippen molar-refractivity contribution in [2.24, 2.45) is 11.1 Å². The van der Waals surface area contributed by atoms with E-state index in [0.29, 0.717) is 38.8 Å². The highest BCUT2D eigenvalue weighted by Gasteiger charge is 2.41. The number of hydrogen-bond acceptors (Lipinski definition) is 4. The molecule has 0 atom stereocenters. The zero-order chi connectivity index (χ0) is 22.6. The van der Waals surface area contributed by atoms with Crippen molar-refractivity contribution in [2.45, 2.75) is 25.7 Å². The number of nitrogens with two attached hydrogens (primary N) is 1. The fourth-order valence-corrected chi connectivity index (χ4v) is 5.26. The number of primary amides is 1. The highest BCUT2D eigenvalue weighted by atomic mass is 32.1. The van der Waals surface area contributed by atoms with E-state index in [4.69, 9.17) is 10.5 Å². The maximum atomic E-state index is 12.9. The summed E-state index contributed by atoms with van der Waals surface area (Å²) >= 11 is 1.69. The lowest BCUT2D eigenvalue weighted by Gasteiger charge is -2.40. The summed E-state index contributed by atoms with van der Waals surface area (Å²) in [5.41, 5.74) is 8.51. The Labute approximate surface area is 192 Å². The van der Waals surface area contributed by atoms with E-state index in [2.05, 4.69) is 23.6 Å². The molecule has 1 fully saturated rings. The number of benzene rings is 2. The van der Waals surface area contributed by atoms with Gasteiger partial charge in [-0.15, -0.1) is 11.3 Å². The van der Waals surface area contributed by atoms with Gasteiger partial charge in [-0.3, -0.25) is 9.59 Å². The van der Waals surface area contributed by atoms with Crippen LogP contribution in [0, 0.1) is 5.41 Å². The average Bonchev–Trinajstić information content (AvgIpc) is 3.34. The number of carbonyl (C=O) groups excluding carboxylic acids is 2. The molecule has 0 bridgehead atoms. The molecule has 1 saturated heterocycles. The van der Waals surface area contributed by atoms with Crippen molar-refractivity contribution < 1.29 is 14.3 Å². The third-order valence-electron chi connectivity index (χ3n) is 6.42. The number of carbonyl (C=O) groups is 2. The molecule has 166 valence electrons. The normalized spacial score (nSPS) is 15.3. The van der Waals surface area contributed by atoms with Crippen LogP contribution in [0.15, 0.2) is 66.0 Å². The molecule has 2 N–H and O–H groups in total. The van der Waals surface area contributed by atoms with Gasteiger partial charge in [-0.25, -0.2) is 0 Å². The van der Waals surface area contributed by atoms with Crippen molar-refractivity contribution in [3.63, 3.8) is 0 Å². The number of methoxy groups -OCH3 is 1. The molecule has 0 saturated carbocycles. The lowest BCUT2D eigenvalue weighted by atomic mass is 9.72. The second-order valence-corrected chi connectivity index (χ2v) is 9.31. The van der Waals surface area contributed by atoms with Crippen molar-refractivity contribution in [1.82, 2.24) is 4.90 Å². The van der Waals surface area contributed by atoms with Gasteiger partial charge in [-0.05, 0) is 59.5 Å². The molecule has 5 nitrogen and oxygen atoms in total. The molecular weight excluding hydrogens is 420 g/mol. The van der Waals surface area contributed by atoms with Crippen LogP contribution in [0.25, 0.3) is 10.4 Å². The minimum atomic E-state index is -0.639. The van der Waals surface area contributed by atoms with Crippen LogP contribution < -0.4 is 10.5 Å². The number of nitrogens with zero attached hydrogens (tertiary/aromatic N) is 1. The van der Waals surface area contributed by atoms with Crippen molar-refractivity contribution in [3.8, 4) is 16.2 Å². The van der Waals surface area contributed by atoms with Crippen molar-refractivity contribution in [3.05, 3.63) is 77.2 Å². The monoisotopic (exact) mass is 448 g/mol. The van der Waals surface area contributed by atoms with E-state index in [-0.39, 0.29) is 11.8 Å². The summed E-state index contributed by atoms with van der Waals surface area (Å²) in [6.07, 6.45) is 2.06. The van der Waals surface area contributed by atoms with E-state index in [1.54, 1.807) is 18.4 Å². The van der Waals surface area contributed by atoms with Gasteiger partial charge in [0.15, 0.2) is 0 Å². The Kier molecular flexibility index (Phi) is 6.61. The van der Waals surface area contributed by atoms with Gasteiger partial charge in [0, 0.05) is 18.0 Å². The van der Waals surface area contributed by atoms with E-state index in [1.807, 2.05) is 47.4 Å². The molecule has 1 aliphatic heterocycles. The predicted molar refractivity (Wildman–Crippen MR) is 128 cm³/mol. The number of likely N-dealkylation sites (tertiary alicyclic amines) is 1. The first-order valence-corrected chi connectivity index (χ1v) is 11.7. The third-order valence-corrected chi connectivity index (χ3v) is 7.32. The predicted octanol–water partition coefficient (Wildman–Crippen LogP) is 4.30. The number of rotatable bonds is 7. The second-order valence-electron chi connectivity index (χ2n) is 8.36. The molecule has 2 aromatic carbocycles. The zero-order valence-electron chi connectivity index (χ0n) is 18.3. The summed E-state index contributed by atoms with van der Waals surface area (Å²) in [6.45, 7) is 1.07. The van der Waals surface area contributed by atoms with E-state index in [9.17, 15) is 9.59 Å². The van der Waals surface area contributed by atoms with Gasteiger partial charge in [0.2, 0.25) is 11.8 Å². The summed E-state index contributed by atoms with van der Waals surface area (Å²) in [6, 6.07) is 19.9. The first-order valence-electron chi connectivity index (χ1n) is 10.8. The van der Waals surface area contributed by atoms with Crippen LogP contribution >= 0.6 is 11.3 Å². The van der Waals surface area contributed by atoms with Gasteiger partial charge in [0.1, 0.15) is 5.75 Å². The number of amides is 2. The summed E-state index contributed by atoms with van der Waals surface area (Å²) in [4.78, 5) is 28.5. The van der Waals surface area contributed by atoms with Crippen LogP contribution in [0.5, 0.6) is 5.75 Å². The lowest BCUT2D eigenvalue weighted by Crippen LogP contribution is -2.50. The SMILES string of the molecule is COc1cccc(CC(=O)N2CCC(Cc3ccccc3-c3cccs3)(C(N)=O)CC2)c1. The van der Waals surface area contributed by atoms with E-state index >= 15 is 0 Å². The largest absolute Gasteiger partial charge is 0.497 e. The van der Waals surface area contributed by atoms with Crippen LogP contribution in [-0.2, 0) is 22.4 Å². The summed E-state index contributed by atoms with van der Waals surface area (Å²) in [7, 11) is 1.62. The number of ether oxygens (including phenoxy) is 1. The molecule has 0 unspecified atom stereocenters. The molecule has 0 radical (unpaired) electrons. The Hall–Kier alpha value is -3.12. The van der Waals surface area contributed by atoms with Gasteiger partial charge in [0.05, 0.1) is 18.9 Å². The van der Waals surface area contributed by atoms with Gasteiger partial charge >= 0.3 is 0 Å². The topological polar surface area (TPSA) is 72.6 Å². The van der Waals surface area contributed by atoms with Gasteiger partial charge < -0.3 is 15.4 Å². The molecule has 0 aliphatic carbocycles. The molecule has 3 aromatic rings. The molecular formula is C26H28N2O3S. The fraction of sp³-hybridized carbons (Fsp3) is 0.308. The molecule has 1 aliphatic rings. The summed E-state index contributed by atoms with van der Waals surface area (Å²) in [5, 5.41) is 2.06. The Bertz CT molecular complexity index is 1090. The Morgan fingerprint density at radius 2 is 1.84 bits per heavy atom. The Morgan fingerprint density at radius 1 is 1.06 bits per heavy atom. The van der Waals surface area contributed by atoms with Crippen LogP contribution in [0.3, 0.4) is 0 Å².